The van der Waals surface area contributed by atoms with E-state index in [1.165, 1.54) is 0 Å². The Morgan fingerprint density at radius 3 is 2.36 bits per heavy atom. The topological polar surface area (TPSA) is 75.5 Å². The van der Waals surface area contributed by atoms with Crippen molar-refractivity contribution < 1.29 is 14.3 Å². The summed E-state index contributed by atoms with van der Waals surface area (Å²) in [6.07, 6.45) is 2.25. The molecule has 0 aliphatic carbocycles. The number of nitrogens with one attached hydrogen (secondary N) is 1. The molecule has 0 aromatic heterocycles. The summed E-state index contributed by atoms with van der Waals surface area (Å²) in [4.78, 5) is 25.0. The normalized spacial score (nSPS) is 19.1. The van der Waals surface area contributed by atoms with Crippen LogP contribution >= 0.6 is 0 Å². The predicted octanol–water partition coefficient (Wildman–Crippen LogP) is 4.47. The first-order valence-electron chi connectivity index (χ1n) is 11.5. The molecular formula is C26H32N4O3. The van der Waals surface area contributed by atoms with Crippen molar-refractivity contribution in [3.8, 4) is 11.5 Å². The number of amidine groups is 1. The number of carbonyl (C=O) groups excluding carboxylic acids is 1. The molecule has 174 valence electrons. The minimum atomic E-state index is -0.317. The first-order chi connectivity index (χ1) is 16.0. The number of aliphatic imine (C=N–C) groups is 2. The van der Waals surface area contributed by atoms with Gasteiger partial charge in [-0.25, -0.2) is 4.99 Å². The lowest BCUT2D eigenvalue weighted by atomic mass is 9.92. The van der Waals surface area contributed by atoms with Crippen LogP contribution in [-0.4, -0.2) is 56.2 Å². The Bertz CT molecular complexity index is 1070. The maximum absolute atomic E-state index is 13.1. The molecule has 0 radical (unpaired) electrons. The van der Waals surface area contributed by atoms with E-state index in [1.54, 1.807) is 14.2 Å². The second-order valence-corrected chi connectivity index (χ2v) is 8.79. The van der Waals surface area contributed by atoms with Crippen LogP contribution in [0.15, 0.2) is 52.4 Å². The van der Waals surface area contributed by atoms with Crippen molar-refractivity contribution >= 4 is 28.8 Å². The smallest absolute Gasteiger partial charge is 0.239 e. The van der Waals surface area contributed by atoms with Crippen molar-refractivity contribution in [1.82, 2.24) is 10.2 Å². The Kier molecular flexibility index (Phi) is 7.08. The fourth-order valence-electron chi connectivity index (χ4n) is 4.44. The van der Waals surface area contributed by atoms with Crippen molar-refractivity contribution in [2.75, 3.05) is 33.9 Å². The summed E-state index contributed by atoms with van der Waals surface area (Å²) in [5.41, 5.74) is 3.29. The summed E-state index contributed by atoms with van der Waals surface area (Å²) in [6, 6.07) is 13.5. The van der Waals surface area contributed by atoms with Crippen molar-refractivity contribution in [1.29, 1.82) is 0 Å². The standard InChI is InChI=1S/C26H32N4O3/c1-17-11-13-30(14-12-17)16-24(31)29-26-25(19-9-10-22(32-3)23(15-19)33-4)18(2)27-20-7-5-6-8-21(20)28-26/h5-10,15,17,25H,11-14,16H2,1-4H3,(H,28,29,31)/t25-/m1/s1. The van der Waals surface area contributed by atoms with E-state index in [1.807, 2.05) is 49.4 Å². The number of carbonyl (C=O) groups is 1. The van der Waals surface area contributed by atoms with Crippen molar-refractivity contribution in [2.24, 2.45) is 15.9 Å². The maximum Gasteiger partial charge on any atom is 0.239 e. The van der Waals surface area contributed by atoms with Crippen LogP contribution in [0.25, 0.3) is 0 Å². The molecule has 0 spiro atoms. The van der Waals surface area contributed by atoms with Crippen molar-refractivity contribution in [3.63, 3.8) is 0 Å². The van der Waals surface area contributed by atoms with E-state index < -0.39 is 0 Å². The average molecular weight is 449 g/mol. The van der Waals surface area contributed by atoms with Gasteiger partial charge in [-0.15, -0.1) is 0 Å². The molecule has 2 aromatic carbocycles. The lowest BCUT2D eigenvalue weighted by Gasteiger charge is -2.30. The van der Waals surface area contributed by atoms with Gasteiger partial charge >= 0.3 is 0 Å². The molecule has 1 fully saturated rings. The highest BCUT2D eigenvalue weighted by atomic mass is 16.5. The second kappa shape index (κ2) is 10.2. The highest BCUT2D eigenvalue weighted by molar-refractivity contribution is 6.17. The zero-order chi connectivity index (χ0) is 23.4. The summed E-state index contributed by atoms with van der Waals surface area (Å²) in [5, 5.41) is 3.12. The molecule has 1 saturated heterocycles. The van der Waals surface area contributed by atoms with Crippen LogP contribution in [0.2, 0.25) is 0 Å². The predicted molar refractivity (Wildman–Crippen MR) is 132 cm³/mol. The number of nitrogens with zero attached hydrogens (tertiary/aromatic N) is 3. The Morgan fingerprint density at radius 2 is 1.70 bits per heavy atom. The van der Waals surface area contributed by atoms with E-state index in [4.69, 9.17) is 19.5 Å². The number of hydrogen-bond acceptors (Lipinski definition) is 6. The van der Waals surface area contributed by atoms with Gasteiger partial charge < -0.3 is 14.8 Å². The number of methoxy groups -OCH3 is 2. The SMILES string of the molecule is COc1ccc([C@H]2C(C)=Nc3ccccc3N=C2NC(=O)CN2CCC(C)CC2)cc1OC. The van der Waals surface area contributed by atoms with Crippen LogP contribution in [0.5, 0.6) is 11.5 Å². The molecule has 2 heterocycles. The molecule has 7 nitrogen and oxygen atoms in total. The monoisotopic (exact) mass is 448 g/mol. The first kappa shape index (κ1) is 23.0. The number of benzene rings is 2. The zero-order valence-corrected chi connectivity index (χ0v) is 19.8. The number of amides is 1. The zero-order valence-electron chi connectivity index (χ0n) is 19.8. The molecule has 2 aliphatic heterocycles. The van der Waals surface area contributed by atoms with Gasteiger partial charge in [0.05, 0.1) is 38.1 Å². The van der Waals surface area contributed by atoms with E-state index in [2.05, 4.69) is 17.1 Å². The number of rotatable bonds is 5. The molecule has 2 aliphatic rings. The van der Waals surface area contributed by atoms with Gasteiger partial charge in [0, 0.05) is 5.71 Å². The van der Waals surface area contributed by atoms with Gasteiger partial charge in [-0.2, -0.15) is 0 Å². The Balaban J connectivity index is 1.67. The molecular weight excluding hydrogens is 416 g/mol. The number of ether oxygens (including phenoxy) is 2. The molecule has 2 aromatic rings. The van der Waals surface area contributed by atoms with Gasteiger partial charge in [0.1, 0.15) is 5.84 Å². The lowest BCUT2D eigenvalue weighted by molar-refractivity contribution is -0.121. The minimum absolute atomic E-state index is 0.0547. The summed E-state index contributed by atoms with van der Waals surface area (Å²) in [7, 11) is 3.22. The fraction of sp³-hybridized carbons (Fsp3) is 0.423. The molecule has 0 unspecified atom stereocenters. The van der Waals surface area contributed by atoms with Crippen LogP contribution < -0.4 is 14.8 Å². The average Bonchev–Trinajstić information content (AvgIpc) is 2.95. The third-order valence-corrected chi connectivity index (χ3v) is 6.36. The van der Waals surface area contributed by atoms with E-state index in [0.717, 1.165) is 54.5 Å². The van der Waals surface area contributed by atoms with Crippen molar-refractivity contribution in [3.05, 3.63) is 48.0 Å². The summed E-state index contributed by atoms with van der Waals surface area (Å²) in [6.45, 7) is 6.50. The van der Waals surface area contributed by atoms with Gasteiger partial charge in [-0.1, -0.05) is 25.1 Å². The van der Waals surface area contributed by atoms with Crippen LogP contribution in [0.3, 0.4) is 0 Å². The van der Waals surface area contributed by atoms with Crippen LogP contribution in [-0.2, 0) is 4.79 Å². The number of hydrogen-bond donors (Lipinski definition) is 1. The highest BCUT2D eigenvalue weighted by Crippen LogP contribution is 2.36. The maximum atomic E-state index is 13.1. The number of likely N-dealkylation sites (tertiary alicyclic amines) is 1. The third kappa shape index (κ3) is 5.25. The first-order valence-corrected chi connectivity index (χ1v) is 11.5. The molecule has 0 bridgehead atoms. The third-order valence-electron chi connectivity index (χ3n) is 6.36. The Labute approximate surface area is 195 Å². The van der Waals surface area contributed by atoms with E-state index in [-0.39, 0.29) is 11.8 Å². The number of fused-ring (bicyclic) bond motifs is 1. The number of para-hydroxylation sites is 2. The summed E-state index contributed by atoms with van der Waals surface area (Å²) in [5.74, 6) is 2.19. The van der Waals surface area contributed by atoms with Gasteiger partial charge in [-0.3, -0.25) is 14.7 Å². The summed E-state index contributed by atoms with van der Waals surface area (Å²) >= 11 is 0. The van der Waals surface area contributed by atoms with Gasteiger partial charge in [0.15, 0.2) is 11.5 Å². The molecule has 0 saturated carbocycles. The fourth-order valence-corrected chi connectivity index (χ4v) is 4.44. The molecule has 33 heavy (non-hydrogen) atoms. The molecule has 1 N–H and O–H groups in total. The van der Waals surface area contributed by atoms with Gasteiger partial charge in [-0.05, 0) is 68.6 Å². The van der Waals surface area contributed by atoms with Crippen LogP contribution in [0.1, 0.15) is 38.2 Å². The number of piperidine rings is 1. The Morgan fingerprint density at radius 1 is 1.03 bits per heavy atom. The molecule has 1 amide bonds. The highest BCUT2D eigenvalue weighted by Gasteiger charge is 2.28. The second-order valence-electron chi connectivity index (χ2n) is 8.79. The molecule has 7 heteroatoms. The minimum Gasteiger partial charge on any atom is -0.493 e. The lowest BCUT2D eigenvalue weighted by Crippen LogP contribution is -2.45. The Hall–Kier alpha value is -3.19. The van der Waals surface area contributed by atoms with Crippen LogP contribution in [0, 0.1) is 5.92 Å². The van der Waals surface area contributed by atoms with E-state index in [0.29, 0.717) is 23.9 Å². The summed E-state index contributed by atoms with van der Waals surface area (Å²) < 4.78 is 10.9. The van der Waals surface area contributed by atoms with Gasteiger partial charge in [0.25, 0.3) is 0 Å². The van der Waals surface area contributed by atoms with Gasteiger partial charge in [0.2, 0.25) is 5.91 Å². The van der Waals surface area contributed by atoms with Crippen LogP contribution in [0.4, 0.5) is 11.4 Å². The van der Waals surface area contributed by atoms with E-state index in [9.17, 15) is 4.79 Å². The van der Waals surface area contributed by atoms with Crippen molar-refractivity contribution in [2.45, 2.75) is 32.6 Å². The molecule has 4 rings (SSSR count). The largest absolute Gasteiger partial charge is 0.493 e. The quantitative estimate of drug-likeness (QED) is 0.732. The van der Waals surface area contributed by atoms with E-state index >= 15 is 0 Å². The molecule has 1 atom stereocenters.